The predicted molar refractivity (Wildman–Crippen MR) is 68.7 cm³/mol. The van der Waals surface area contributed by atoms with Gasteiger partial charge in [0.25, 0.3) is 0 Å². The van der Waals surface area contributed by atoms with Crippen molar-refractivity contribution in [1.82, 2.24) is 9.78 Å². The Hall–Kier alpha value is -2.31. The van der Waals surface area contributed by atoms with Crippen molar-refractivity contribution in [1.29, 1.82) is 0 Å². The summed E-state index contributed by atoms with van der Waals surface area (Å²) in [6, 6.07) is 6.15. The molecule has 3 N–H and O–H groups in total. The van der Waals surface area contributed by atoms with Gasteiger partial charge >= 0.3 is 6.61 Å². The molecule has 0 aliphatic heterocycles. The number of nitrogens with two attached hydrogens (primary N) is 1. The van der Waals surface area contributed by atoms with Crippen molar-refractivity contribution in [2.24, 2.45) is 7.05 Å². The number of hydrogen-bond acceptors (Lipinski definition) is 4. The second-order valence-electron chi connectivity index (χ2n) is 4.00. The average molecular weight is 268 g/mol. The predicted octanol–water partition coefficient (Wildman–Crippen LogP) is 2.66. The second-order valence-corrected chi connectivity index (χ2v) is 4.00. The first-order valence-corrected chi connectivity index (χ1v) is 5.58. The highest BCUT2D eigenvalue weighted by atomic mass is 19.3. The minimum absolute atomic E-state index is 0.106. The van der Waals surface area contributed by atoms with E-state index in [-0.39, 0.29) is 5.75 Å². The molecule has 0 spiro atoms. The number of aryl methyl sites for hydroxylation is 2. The van der Waals surface area contributed by atoms with Crippen molar-refractivity contribution in [3.8, 4) is 5.75 Å². The summed E-state index contributed by atoms with van der Waals surface area (Å²) < 4.78 is 29.9. The van der Waals surface area contributed by atoms with Gasteiger partial charge in [0, 0.05) is 12.7 Å². The second kappa shape index (κ2) is 5.13. The summed E-state index contributed by atoms with van der Waals surface area (Å²) in [7, 11) is 1.76. The van der Waals surface area contributed by atoms with E-state index in [1.54, 1.807) is 30.8 Å². The van der Waals surface area contributed by atoms with Crippen LogP contribution in [0.5, 0.6) is 5.75 Å². The molecule has 0 aliphatic carbocycles. The topological polar surface area (TPSA) is 65.1 Å². The van der Waals surface area contributed by atoms with Crippen molar-refractivity contribution in [2.45, 2.75) is 13.5 Å². The molecule has 0 saturated carbocycles. The number of nitrogens with one attached hydrogen (secondary N) is 1. The van der Waals surface area contributed by atoms with Crippen LogP contribution in [0, 0.1) is 6.92 Å². The van der Waals surface area contributed by atoms with Gasteiger partial charge in [0.15, 0.2) is 5.82 Å². The molecular weight excluding hydrogens is 254 g/mol. The van der Waals surface area contributed by atoms with Crippen LogP contribution in [0.3, 0.4) is 0 Å². The lowest BCUT2D eigenvalue weighted by Crippen LogP contribution is -2.03. The van der Waals surface area contributed by atoms with Gasteiger partial charge in [-0.15, -0.1) is 0 Å². The Labute approximate surface area is 109 Å². The van der Waals surface area contributed by atoms with Crippen LogP contribution in [-0.2, 0) is 7.05 Å². The summed E-state index contributed by atoms with van der Waals surface area (Å²) in [5.41, 5.74) is 7.86. The van der Waals surface area contributed by atoms with E-state index in [0.717, 1.165) is 5.69 Å². The van der Waals surface area contributed by atoms with Crippen molar-refractivity contribution in [3.63, 3.8) is 0 Å². The fraction of sp³-hybridized carbons (Fsp3) is 0.250. The van der Waals surface area contributed by atoms with Crippen LogP contribution >= 0.6 is 0 Å². The molecule has 1 aromatic heterocycles. The zero-order chi connectivity index (χ0) is 14.0. The van der Waals surface area contributed by atoms with Gasteiger partial charge in [-0.05, 0) is 31.2 Å². The number of alkyl halides is 2. The van der Waals surface area contributed by atoms with Gasteiger partial charge in [0.05, 0.1) is 11.4 Å². The lowest BCUT2D eigenvalue weighted by atomic mass is 10.3. The third-order valence-corrected chi connectivity index (χ3v) is 2.61. The van der Waals surface area contributed by atoms with Gasteiger partial charge in [0.1, 0.15) is 5.75 Å². The number of ether oxygens (including phenoxy) is 1. The first-order valence-electron chi connectivity index (χ1n) is 5.58. The molecule has 0 saturated heterocycles. The van der Waals surface area contributed by atoms with Crippen LogP contribution in [0.4, 0.5) is 26.0 Å². The van der Waals surface area contributed by atoms with Crippen LogP contribution in [0.2, 0.25) is 0 Å². The molecule has 0 bridgehead atoms. The molecule has 102 valence electrons. The van der Waals surface area contributed by atoms with Gasteiger partial charge in [-0.2, -0.15) is 13.9 Å². The summed E-state index contributed by atoms with van der Waals surface area (Å²) in [6.07, 6.45) is 0. The summed E-state index contributed by atoms with van der Waals surface area (Å²) in [5, 5.41) is 7.24. The lowest BCUT2D eigenvalue weighted by Gasteiger charge is -2.09. The largest absolute Gasteiger partial charge is 0.435 e. The molecule has 0 aliphatic rings. The Morgan fingerprint density at radius 1 is 1.32 bits per heavy atom. The molecule has 1 heterocycles. The van der Waals surface area contributed by atoms with E-state index in [1.165, 1.54) is 12.1 Å². The Balaban J connectivity index is 2.15. The minimum Gasteiger partial charge on any atom is -0.435 e. The number of halogens is 2. The number of nitrogens with zero attached hydrogens (tertiary/aromatic N) is 2. The molecule has 2 aromatic rings. The molecule has 0 amide bonds. The number of hydrogen-bond donors (Lipinski definition) is 2. The van der Waals surface area contributed by atoms with E-state index in [4.69, 9.17) is 5.73 Å². The Morgan fingerprint density at radius 3 is 2.42 bits per heavy atom. The zero-order valence-electron chi connectivity index (χ0n) is 10.5. The molecule has 7 heteroatoms. The van der Waals surface area contributed by atoms with E-state index in [0.29, 0.717) is 17.2 Å². The molecule has 5 nitrogen and oxygen atoms in total. The maximum absolute atomic E-state index is 12.0. The van der Waals surface area contributed by atoms with Crippen molar-refractivity contribution < 1.29 is 13.5 Å². The fourth-order valence-corrected chi connectivity index (χ4v) is 1.68. The van der Waals surface area contributed by atoms with E-state index in [9.17, 15) is 8.78 Å². The quantitative estimate of drug-likeness (QED) is 0.894. The van der Waals surface area contributed by atoms with Crippen LogP contribution in [0.25, 0.3) is 0 Å². The molecule has 0 fully saturated rings. The van der Waals surface area contributed by atoms with Gasteiger partial charge in [-0.3, -0.25) is 4.68 Å². The maximum atomic E-state index is 12.0. The third kappa shape index (κ3) is 2.93. The highest BCUT2D eigenvalue weighted by Crippen LogP contribution is 2.26. The molecule has 2 rings (SSSR count). The first kappa shape index (κ1) is 13.1. The summed E-state index contributed by atoms with van der Waals surface area (Å²) in [5.74, 6) is 0.759. The lowest BCUT2D eigenvalue weighted by molar-refractivity contribution is -0.0498. The SMILES string of the molecule is Cc1nn(C)c(Nc2ccc(OC(F)F)cc2)c1N. The average Bonchev–Trinajstić information content (AvgIpc) is 2.58. The van der Waals surface area contributed by atoms with Crippen molar-refractivity contribution >= 4 is 17.2 Å². The maximum Gasteiger partial charge on any atom is 0.387 e. The van der Waals surface area contributed by atoms with E-state index >= 15 is 0 Å². The van der Waals surface area contributed by atoms with Crippen LogP contribution in [0.15, 0.2) is 24.3 Å². The monoisotopic (exact) mass is 268 g/mol. The normalized spacial score (nSPS) is 10.8. The number of anilines is 3. The number of benzene rings is 1. The molecule has 19 heavy (non-hydrogen) atoms. The standard InChI is InChI=1S/C12H14F2N4O/c1-7-10(15)11(18(2)17-7)16-8-3-5-9(6-4-8)19-12(13)14/h3-6,12,16H,15H2,1-2H3. The van der Waals surface area contributed by atoms with Crippen LogP contribution in [-0.4, -0.2) is 16.4 Å². The van der Waals surface area contributed by atoms with Gasteiger partial charge in [-0.25, -0.2) is 0 Å². The zero-order valence-corrected chi connectivity index (χ0v) is 10.5. The Morgan fingerprint density at radius 2 is 1.95 bits per heavy atom. The van der Waals surface area contributed by atoms with Gasteiger partial charge in [0.2, 0.25) is 0 Å². The highest BCUT2D eigenvalue weighted by Gasteiger charge is 2.10. The molecular formula is C12H14F2N4O. The smallest absolute Gasteiger partial charge is 0.387 e. The number of rotatable bonds is 4. The van der Waals surface area contributed by atoms with Gasteiger partial charge in [-0.1, -0.05) is 0 Å². The minimum atomic E-state index is -2.82. The van der Waals surface area contributed by atoms with E-state index < -0.39 is 6.61 Å². The van der Waals surface area contributed by atoms with Crippen LogP contribution < -0.4 is 15.8 Å². The van der Waals surface area contributed by atoms with Crippen molar-refractivity contribution in [2.75, 3.05) is 11.1 Å². The third-order valence-electron chi connectivity index (χ3n) is 2.61. The fourth-order valence-electron chi connectivity index (χ4n) is 1.68. The first-order chi connectivity index (χ1) is 8.97. The summed E-state index contributed by atoms with van der Waals surface area (Å²) in [4.78, 5) is 0. The Bertz CT molecular complexity index is 566. The number of nitrogen functional groups attached to an aromatic ring is 1. The van der Waals surface area contributed by atoms with E-state index in [2.05, 4.69) is 15.2 Å². The highest BCUT2D eigenvalue weighted by molar-refractivity contribution is 5.71. The van der Waals surface area contributed by atoms with Gasteiger partial charge < -0.3 is 15.8 Å². The Kier molecular flexibility index (Phi) is 3.55. The molecule has 1 aromatic carbocycles. The molecule has 0 unspecified atom stereocenters. The van der Waals surface area contributed by atoms with Crippen LogP contribution in [0.1, 0.15) is 5.69 Å². The molecule has 0 atom stereocenters. The van der Waals surface area contributed by atoms with E-state index in [1.807, 2.05) is 0 Å². The number of aromatic nitrogens is 2. The summed E-state index contributed by atoms with van der Waals surface area (Å²) in [6.45, 7) is -1.02. The summed E-state index contributed by atoms with van der Waals surface area (Å²) >= 11 is 0. The van der Waals surface area contributed by atoms with Crippen molar-refractivity contribution in [3.05, 3.63) is 30.0 Å². The molecule has 0 radical (unpaired) electrons.